The van der Waals surface area contributed by atoms with Crippen LogP contribution in [-0.4, -0.2) is 34.7 Å². The molecular formula is C7H7Br2N3O4S. The smallest absolute Gasteiger partial charge is 0.323 e. The Balaban J connectivity index is 3.02. The molecule has 1 heterocycles. The van der Waals surface area contributed by atoms with E-state index in [1.165, 1.54) is 6.20 Å². The van der Waals surface area contributed by atoms with Crippen LogP contribution in [0.3, 0.4) is 0 Å². The minimum Gasteiger partial charge on any atom is -0.480 e. The second-order valence-electron chi connectivity index (χ2n) is 2.96. The Hall–Kier alpha value is -0.740. The Morgan fingerprint density at radius 1 is 1.53 bits per heavy atom. The van der Waals surface area contributed by atoms with E-state index in [2.05, 4.69) is 41.8 Å². The Morgan fingerprint density at radius 2 is 2.12 bits per heavy atom. The third kappa shape index (κ3) is 3.61. The van der Waals surface area contributed by atoms with Crippen LogP contribution in [0.5, 0.6) is 0 Å². The molecule has 0 aliphatic rings. The van der Waals surface area contributed by atoms with E-state index in [0.717, 1.165) is 6.92 Å². The Morgan fingerprint density at radius 3 is 2.59 bits per heavy atom. The summed E-state index contributed by atoms with van der Waals surface area (Å²) in [5.74, 6) is -1.51. The number of carboxylic acid groups (broad SMARTS) is 1. The van der Waals surface area contributed by atoms with Crippen LogP contribution in [0.4, 0.5) is 5.82 Å². The number of sulfonamides is 1. The number of halogens is 2. The fraction of sp³-hybridized carbons (Fsp3) is 0.286. The molecule has 0 aromatic carbocycles. The molecule has 1 aromatic heterocycles. The van der Waals surface area contributed by atoms with Crippen molar-refractivity contribution >= 4 is 53.7 Å². The molecule has 17 heavy (non-hydrogen) atoms. The molecule has 1 unspecified atom stereocenters. The molecule has 0 saturated heterocycles. The summed E-state index contributed by atoms with van der Waals surface area (Å²) in [5.41, 5.74) is 0. The van der Waals surface area contributed by atoms with Crippen LogP contribution in [-0.2, 0) is 14.8 Å². The fourth-order valence-corrected chi connectivity index (χ4v) is 2.67. The van der Waals surface area contributed by atoms with Crippen LogP contribution in [0.1, 0.15) is 6.92 Å². The minimum absolute atomic E-state index is 0.0682. The predicted octanol–water partition coefficient (Wildman–Crippen LogP) is 1.22. The second-order valence-corrected chi connectivity index (χ2v) is 6.52. The highest BCUT2D eigenvalue weighted by Gasteiger charge is 2.28. The van der Waals surface area contributed by atoms with Crippen molar-refractivity contribution < 1.29 is 18.3 Å². The molecule has 0 amide bonds. The average Bonchev–Trinajstić information content (AvgIpc) is 2.21. The highest BCUT2D eigenvalue weighted by atomic mass is 79.9. The maximum Gasteiger partial charge on any atom is 0.323 e. The Bertz CT molecular complexity index is 548. The van der Waals surface area contributed by atoms with Gasteiger partial charge in [0.15, 0.2) is 15.7 Å². The van der Waals surface area contributed by atoms with Gasteiger partial charge in [0.25, 0.3) is 0 Å². The fourth-order valence-electron chi connectivity index (χ4n) is 0.771. The van der Waals surface area contributed by atoms with Gasteiger partial charge < -0.3 is 5.11 Å². The van der Waals surface area contributed by atoms with Gasteiger partial charge in [-0.2, -0.15) is 0 Å². The number of nitrogens with zero attached hydrogens (tertiary/aromatic N) is 2. The molecule has 1 atom stereocenters. The maximum absolute atomic E-state index is 11.6. The van der Waals surface area contributed by atoms with Gasteiger partial charge in [-0.15, -0.1) is 0 Å². The van der Waals surface area contributed by atoms with Crippen LogP contribution in [0.15, 0.2) is 15.4 Å². The monoisotopic (exact) mass is 387 g/mol. The van der Waals surface area contributed by atoms with E-state index in [1.54, 1.807) is 0 Å². The molecule has 94 valence electrons. The first-order chi connectivity index (χ1) is 7.74. The SMILES string of the molecule is CC(C(=O)O)S(=O)(=O)Nc1ncc(Br)nc1Br. The molecule has 0 aliphatic heterocycles. The van der Waals surface area contributed by atoms with Crippen molar-refractivity contribution in [3.8, 4) is 0 Å². The van der Waals surface area contributed by atoms with Gasteiger partial charge in [-0.3, -0.25) is 9.52 Å². The molecule has 0 radical (unpaired) electrons. The summed E-state index contributed by atoms with van der Waals surface area (Å²) >= 11 is 6.06. The highest BCUT2D eigenvalue weighted by molar-refractivity contribution is 9.11. The number of anilines is 1. The lowest BCUT2D eigenvalue weighted by Crippen LogP contribution is -2.32. The molecule has 7 nitrogen and oxygen atoms in total. The van der Waals surface area contributed by atoms with Crippen LogP contribution < -0.4 is 4.72 Å². The van der Waals surface area contributed by atoms with Crippen LogP contribution in [0.2, 0.25) is 0 Å². The van der Waals surface area contributed by atoms with Crippen molar-refractivity contribution in [2.75, 3.05) is 4.72 Å². The van der Waals surface area contributed by atoms with Gasteiger partial charge in [0.1, 0.15) is 4.60 Å². The topological polar surface area (TPSA) is 109 Å². The molecule has 0 aliphatic carbocycles. The maximum atomic E-state index is 11.6. The normalized spacial score (nSPS) is 13.1. The molecule has 1 rings (SSSR count). The zero-order valence-electron chi connectivity index (χ0n) is 8.39. The first-order valence-electron chi connectivity index (χ1n) is 4.16. The van der Waals surface area contributed by atoms with Gasteiger partial charge in [0, 0.05) is 0 Å². The van der Waals surface area contributed by atoms with Gasteiger partial charge in [-0.05, 0) is 38.8 Å². The van der Waals surface area contributed by atoms with E-state index in [4.69, 9.17) is 5.11 Å². The van der Waals surface area contributed by atoms with Gasteiger partial charge in [0.05, 0.1) is 6.20 Å². The van der Waals surface area contributed by atoms with Gasteiger partial charge in [-0.1, -0.05) is 0 Å². The lowest BCUT2D eigenvalue weighted by atomic mass is 10.5. The quantitative estimate of drug-likeness (QED) is 0.802. The number of hydrogen-bond acceptors (Lipinski definition) is 5. The molecule has 0 spiro atoms. The number of carboxylic acids is 1. The van der Waals surface area contributed by atoms with E-state index in [9.17, 15) is 13.2 Å². The molecule has 0 bridgehead atoms. The van der Waals surface area contributed by atoms with E-state index in [1.807, 2.05) is 4.72 Å². The number of rotatable bonds is 4. The van der Waals surface area contributed by atoms with E-state index < -0.39 is 21.2 Å². The second kappa shape index (κ2) is 5.27. The summed E-state index contributed by atoms with van der Waals surface area (Å²) in [4.78, 5) is 18.2. The van der Waals surface area contributed by atoms with E-state index in [-0.39, 0.29) is 10.4 Å². The zero-order chi connectivity index (χ0) is 13.2. The van der Waals surface area contributed by atoms with E-state index in [0.29, 0.717) is 4.60 Å². The van der Waals surface area contributed by atoms with Crippen molar-refractivity contribution in [3.63, 3.8) is 0 Å². The largest absolute Gasteiger partial charge is 0.480 e. The van der Waals surface area contributed by atoms with Crippen LogP contribution in [0, 0.1) is 0 Å². The summed E-state index contributed by atoms with van der Waals surface area (Å²) in [6.07, 6.45) is 1.29. The lowest BCUT2D eigenvalue weighted by molar-refractivity contribution is -0.136. The number of carbonyl (C=O) groups is 1. The summed E-state index contributed by atoms with van der Waals surface area (Å²) in [5, 5.41) is 7.05. The lowest BCUT2D eigenvalue weighted by Gasteiger charge is -2.11. The van der Waals surface area contributed by atoms with E-state index >= 15 is 0 Å². The summed E-state index contributed by atoms with van der Waals surface area (Å²) < 4.78 is 25.8. The molecular weight excluding hydrogens is 382 g/mol. The number of hydrogen-bond donors (Lipinski definition) is 2. The highest BCUT2D eigenvalue weighted by Crippen LogP contribution is 2.21. The van der Waals surface area contributed by atoms with Crippen molar-refractivity contribution in [2.45, 2.75) is 12.2 Å². The minimum atomic E-state index is -4.05. The summed E-state index contributed by atoms with van der Waals surface area (Å²) in [7, 11) is -4.05. The van der Waals surface area contributed by atoms with Crippen molar-refractivity contribution in [2.24, 2.45) is 0 Å². The standard InChI is InChI=1S/C7H7Br2N3O4S/c1-3(7(13)14)17(15,16)12-6-5(9)11-4(8)2-10-6/h2-3H,1H3,(H,10,12)(H,13,14). The van der Waals surface area contributed by atoms with Crippen LogP contribution >= 0.6 is 31.9 Å². The van der Waals surface area contributed by atoms with Crippen LogP contribution in [0.25, 0.3) is 0 Å². The average molecular weight is 389 g/mol. The summed E-state index contributed by atoms with van der Waals surface area (Å²) in [6.45, 7) is 1.06. The van der Waals surface area contributed by atoms with Gasteiger partial charge in [0.2, 0.25) is 10.0 Å². The first kappa shape index (κ1) is 14.3. The molecule has 0 saturated carbocycles. The third-order valence-electron chi connectivity index (χ3n) is 1.75. The molecule has 1 aromatic rings. The van der Waals surface area contributed by atoms with Crippen molar-refractivity contribution in [1.29, 1.82) is 0 Å². The molecule has 0 fully saturated rings. The first-order valence-corrected chi connectivity index (χ1v) is 7.29. The Kier molecular flexibility index (Phi) is 4.44. The third-order valence-corrected chi connectivity index (χ3v) is 4.30. The Labute approximate surface area is 114 Å². The van der Waals surface area contributed by atoms with Crippen molar-refractivity contribution in [1.82, 2.24) is 9.97 Å². The predicted molar refractivity (Wildman–Crippen MR) is 67.1 cm³/mol. The molecule has 10 heteroatoms. The molecule has 2 N–H and O–H groups in total. The number of nitrogens with one attached hydrogen (secondary N) is 1. The van der Waals surface area contributed by atoms with Gasteiger partial charge >= 0.3 is 5.97 Å². The number of aliphatic carboxylic acids is 1. The number of aromatic nitrogens is 2. The van der Waals surface area contributed by atoms with Gasteiger partial charge in [-0.25, -0.2) is 18.4 Å². The summed E-state index contributed by atoms with van der Waals surface area (Å²) in [6, 6.07) is 0. The zero-order valence-corrected chi connectivity index (χ0v) is 12.4. The van der Waals surface area contributed by atoms with Crippen molar-refractivity contribution in [3.05, 3.63) is 15.4 Å².